The first-order chi connectivity index (χ1) is 46.3. The topological polar surface area (TPSA) is 427 Å². The van der Waals surface area contributed by atoms with E-state index in [9.17, 15) is 39.7 Å². The standard InChI is InChI=1S/C61H64N14O17S5/c1-23(14-62)63-49(78)32-20-96-57(68-32)43-37(77)12-28-42(70-43)31-18-94-55(65-31)30-17-90-59(83)45-29-16-88-46(47(92-38-13-61(5,85)48(74(6)7)26(4)91-38)60(84)89-15-27-10-9-11-36(39(27)29)75(45)86)44(58-69-33(21-97-58)50(79)64-30)73-52(81)35-22-95-56(67-35)41(25(3)87-8)72-53(82)40(24(2)76)71-51(80)34-19-93-54(28)66-34/h9-12,18-24,26,30,38,40,44,46-48,76-77,85-86H,13-17,62H2,1-8H3,(H,63,78)(H,64,79)(H,71,80)(H,72,82)(H,73,81)/b41-25+. The molecule has 11 atom stereocenters. The van der Waals surface area contributed by atoms with E-state index < -0.39 is 139 Å². The number of aromatic hydroxyl groups is 1. The van der Waals surface area contributed by atoms with Crippen LogP contribution < -0.4 is 32.3 Å². The number of nitrogens with one attached hydrogen (secondary N) is 5. The molecule has 97 heavy (non-hydrogen) atoms. The first-order valence-corrected chi connectivity index (χ1v) is 34.4. The van der Waals surface area contributed by atoms with E-state index in [1.54, 1.807) is 57.3 Å². The predicted molar refractivity (Wildman–Crippen MR) is 350 cm³/mol. The number of esters is 2. The number of likely N-dealkylation sites (N-methyl/N-ethyl adjacent to an activating group) is 1. The first kappa shape index (κ1) is 68.2. The quantitative estimate of drug-likeness (QED) is 0.0549. The summed E-state index contributed by atoms with van der Waals surface area (Å²) < 4.78 is 38.3. The Kier molecular flexibility index (Phi) is 19.4. The van der Waals surface area contributed by atoms with Crippen molar-refractivity contribution in [1.29, 1.82) is 0 Å². The number of aliphatic hydroxyl groups excluding tert-OH is 1. The SMILES string of the molecule is CO/C(C)=C1/NC(=O)C(C(C)O)NC(=O)c2csc(n2)-c2cc(O)c(-c3nc(C(=O)NC(C)CN)cs3)nc2-c2csc(n2)C2COC(=O)c3c4c5c(cccc5n3O)COC(=O)C(OC3CC(C)(O)C(N(C)C)C(C)O3)C(OC4)C(NC(=O)c3csc1n3)c1nc(cs1)C(=O)N2. The molecule has 8 aromatic rings. The number of carbonyl (C=O) groups is 7. The lowest BCUT2D eigenvalue weighted by Gasteiger charge is -2.48. The molecule has 4 aliphatic heterocycles. The number of benzene rings is 1. The van der Waals surface area contributed by atoms with E-state index in [2.05, 4.69) is 41.5 Å². The van der Waals surface area contributed by atoms with Crippen LogP contribution in [0.15, 0.2) is 56.9 Å². The molecule has 11 heterocycles. The van der Waals surface area contributed by atoms with Gasteiger partial charge in [-0.15, -0.1) is 56.7 Å². The van der Waals surface area contributed by atoms with Crippen molar-refractivity contribution in [3.8, 4) is 38.4 Å². The molecule has 0 aliphatic carbocycles. The third-order valence-corrected chi connectivity index (χ3v) is 21.0. The van der Waals surface area contributed by atoms with Crippen LogP contribution in [0.2, 0.25) is 0 Å². The smallest absolute Gasteiger partial charge is 0.358 e. The van der Waals surface area contributed by atoms with Crippen LogP contribution >= 0.6 is 56.7 Å². The Labute approximate surface area is 571 Å². The third kappa shape index (κ3) is 13.5. The minimum atomic E-state index is -1.91. The van der Waals surface area contributed by atoms with Crippen molar-refractivity contribution in [3.63, 3.8) is 0 Å². The molecule has 31 nitrogen and oxygen atoms in total. The Bertz CT molecular complexity index is 4460. The molecule has 1 saturated heterocycles. The van der Waals surface area contributed by atoms with Crippen molar-refractivity contribution < 1.29 is 82.5 Å². The third-order valence-electron chi connectivity index (χ3n) is 16.5. The van der Waals surface area contributed by atoms with Crippen molar-refractivity contribution in [1.82, 2.24) is 66.1 Å². The van der Waals surface area contributed by atoms with Gasteiger partial charge in [0.2, 0.25) is 5.91 Å². The number of allylic oxidation sites excluding steroid dienone is 1. The fourth-order valence-corrected chi connectivity index (χ4v) is 16.0. The number of pyridine rings is 1. The van der Waals surface area contributed by atoms with Crippen LogP contribution in [0.1, 0.15) is 132 Å². The highest BCUT2D eigenvalue weighted by atomic mass is 32.1. The van der Waals surface area contributed by atoms with Crippen LogP contribution in [0.25, 0.3) is 49.3 Å². The second-order valence-electron chi connectivity index (χ2n) is 23.6. The second kappa shape index (κ2) is 27.6. The number of thiazole rings is 5. The van der Waals surface area contributed by atoms with E-state index in [1.807, 2.05) is 0 Å². The zero-order valence-electron chi connectivity index (χ0n) is 52.8. The van der Waals surface area contributed by atoms with Crippen molar-refractivity contribution in [2.24, 2.45) is 5.73 Å². The number of methoxy groups -OCH3 is 1. The van der Waals surface area contributed by atoms with Gasteiger partial charge in [-0.1, -0.05) is 12.1 Å². The largest absolute Gasteiger partial charge is 0.506 e. The van der Waals surface area contributed by atoms with Gasteiger partial charge in [-0.05, 0) is 66.4 Å². The molecule has 12 bridgehead atoms. The van der Waals surface area contributed by atoms with Crippen LogP contribution in [0.4, 0.5) is 0 Å². The Hall–Kier alpha value is -8.79. The maximum absolute atomic E-state index is 15.2. The summed E-state index contributed by atoms with van der Waals surface area (Å²) in [6.45, 7) is 6.20. The van der Waals surface area contributed by atoms with Crippen molar-refractivity contribution >= 4 is 115 Å². The molecule has 7 aromatic heterocycles. The van der Waals surface area contributed by atoms with Crippen molar-refractivity contribution in [2.75, 3.05) is 34.4 Å². The van der Waals surface area contributed by atoms with Gasteiger partial charge in [-0.25, -0.2) is 39.5 Å². The van der Waals surface area contributed by atoms with Gasteiger partial charge >= 0.3 is 11.9 Å². The Morgan fingerprint density at radius 2 is 1.53 bits per heavy atom. The number of hydrogen-bond donors (Lipinski definition) is 10. The fourth-order valence-electron chi connectivity index (χ4n) is 11.8. The van der Waals surface area contributed by atoms with Crippen molar-refractivity contribution in [2.45, 2.75) is 121 Å². The zero-order chi connectivity index (χ0) is 69.0. The summed E-state index contributed by atoms with van der Waals surface area (Å²) in [6, 6.07) is 0.408. The molecule has 12 rings (SSSR count). The lowest BCUT2D eigenvalue weighted by atomic mass is 9.85. The summed E-state index contributed by atoms with van der Waals surface area (Å²) in [7, 11) is 4.86. The number of fused-ring (bicyclic) bond motifs is 15. The van der Waals surface area contributed by atoms with E-state index in [4.69, 9.17) is 49.1 Å². The van der Waals surface area contributed by atoms with Crippen LogP contribution in [0.3, 0.4) is 0 Å². The summed E-state index contributed by atoms with van der Waals surface area (Å²) in [6.07, 6.45) is -7.48. The summed E-state index contributed by atoms with van der Waals surface area (Å²) >= 11 is 4.67. The average Bonchev–Trinajstić information content (AvgIpc) is 0.939. The van der Waals surface area contributed by atoms with Gasteiger partial charge in [0.05, 0.1) is 43.1 Å². The van der Waals surface area contributed by atoms with Gasteiger partial charge in [0, 0.05) is 62.4 Å². The van der Waals surface area contributed by atoms with E-state index in [-0.39, 0.29) is 111 Å². The molecule has 5 amide bonds. The maximum atomic E-state index is 15.2. The van der Waals surface area contributed by atoms with Crippen LogP contribution in [0, 0.1) is 0 Å². The number of amides is 5. The maximum Gasteiger partial charge on any atom is 0.358 e. The van der Waals surface area contributed by atoms with E-state index >= 15 is 14.4 Å². The van der Waals surface area contributed by atoms with Gasteiger partial charge in [-0.2, -0.15) is 4.73 Å². The molecule has 4 aliphatic rings. The van der Waals surface area contributed by atoms with Crippen LogP contribution in [0.5, 0.6) is 5.75 Å². The molecule has 1 aromatic carbocycles. The molecular weight excluding hydrogens is 1360 g/mol. The first-order valence-electron chi connectivity index (χ1n) is 30.0. The number of rotatable bonds is 9. The summed E-state index contributed by atoms with van der Waals surface area (Å²) in [4.78, 5) is 132. The summed E-state index contributed by atoms with van der Waals surface area (Å²) in [5, 5.41) is 68.5. The minimum Gasteiger partial charge on any atom is -0.506 e. The molecule has 11 unspecified atom stereocenters. The molecule has 510 valence electrons. The number of cyclic esters (lactones) is 2. The van der Waals surface area contributed by atoms with E-state index in [1.165, 1.54) is 54.6 Å². The number of carbonyl (C=O) groups excluding carboxylic acids is 7. The average molecular weight is 1430 g/mol. The monoisotopic (exact) mass is 1420 g/mol. The minimum absolute atomic E-state index is 0.00303. The Balaban J connectivity index is 1.04. The number of hydrogen-bond acceptors (Lipinski definition) is 30. The highest BCUT2D eigenvalue weighted by Crippen LogP contribution is 2.43. The van der Waals surface area contributed by atoms with Gasteiger partial charge in [0.15, 0.2) is 18.1 Å². The lowest BCUT2D eigenvalue weighted by Crippen LogP contribution is -2.62. The lowest BCUT2D eigenvalue weighted by molar-refractivity contribution is -0.280. The number of ether oxygens (including phenoxy) is 6. The molecular formula is C61H64N14O17S5. The molecule has 0 spiro atoms. The predicted octanol–water partition coefficient (Wildman–Crippen LogP) is 4.24. The molecule has 0 saturated carbocycles. The zero-order valence-corrected chi connectivity index (χ0v) is 56.9. The molecule has 0 radical (unpaired) electrons. The Morgan fingerprint density at radius 1 is 0.856 bits per heavy atom. The summed E-state index contributed by atoms with van der Waals surface area (Å²) in [5.74, 6) is -6.75. The Morgan fingerprint density at radius 3 is 2.25 bits per heavy atom. The highest BCUT2D eigenvalue weighted by molar-refractivity contribution is 7.14. The number of aliphatic hydroxyl groups is 2. The molecule has 11 N–H and O–H groups in total. The van der Waals surface area contributed by atoms with Gasteiger partial charge in [0.25, 0.3) is 23.6 Å². The van der Waals surface area contributed by atoms with Crippen LogP contribution in [-0.4, -0.2) is 190 Å². The number of aromatic nitrogens is 7. The normalized spacial score (nSPS) is 24.6. The molecule has 36 heteroatoms. The van der Waals surface area contributed by atoms with Crippen LogP contribution in [-0.2, 0) is 51.2 Å². The number of nitrogens with two attached hydrogens (primary N) is 1. The van der Waals surface area contributed by atoms with E-state index in [0.717, 1.165) is 56.7 Å². The van der Waals surface area contributed by atoms with Gasteiger partial charge < -0.3 is 86.2 Å². The van der Waals surface area contributed by atoms with Crippen molar-refractivity contribution in [3.05, 3.63) is 112 Å². The fraction of sp³-hybridized carbons (Fsp3) is 0.393. The second-order valence-corrected chi connectivity index (χ2v) is 28.0. The molecule has 1 fully saturated rings. The highest BCUT2D eigenvalue weighted by Gasteiger charge is 2.50. The van der Waals surface area contributed by atoms with Gasteiger partial charge in [-0.3, -0.25) is 24.0 Å². The summed E-state index contributed by atoms with van der Waals surface area (Å²) in [5.41, 5.74) is 3.51. The van der Waals surface area contributed by atoms with E-state index in [0.29, 0.717) is 10.3 Å². The number of nitrogens with zero attached hydrogens (tertiary/aromatic N) is 8. The van der Waals surface area contributed by atoms with Gasteiger partial charge in [0.1, 0.15) is 120 Å².